The van der Waals surface area contributed by atoms with E-state index in [4.69, 9.17) is 9.57 Å². The molecule has 0 radical (unpaired) electrons. The van der Waals surface area contributed by atoms with Crippen molar-refractivity contribution in [2.75, 3.05) is 37.5 Å². The smallest absolute Gasteiger partial charge is 0.333 e. The molecule has 5 rings (SSSR count). The molecule has 17 nitrogen and oxygen atoms in total. The molecule has 2 atom stereocenters. The number of rotatable bonds is 21. The maximum atomic E-state index is 12.4. The van der Waals surface area contributed by atoms with Crippen LogP contribution in [0.3, 0.4) is 0 Å². The third-order valence-corrected chi connectivity index (χ3v) is 13.9. The van der Waals surface area contributed by atoms with Crippen molar-refractivity contribution >= 4 is 53.4 Å². The van der Waals surface area contributed by atoms with E-state index in [0.29, 0.717) is 66.9 Å². The molecule has 2 aliphatic heterocycles. The zero-order valence-corrected chi connectivity index (χ0v) is 37.9. The van der Waals surface area contributed by atoms with Crippen LogP contribution < -0.4 is 9.74 Å². The van der Waals surface area contributed by atoms with Crippen molar-refractivity contribution in [2.24, 2.45) is 0 Å². The standard InChI is InChI=1S/C43H53N3O14S3/c1-5-44-35-20-18-31(62(53,54)55)29-33(35)42(2,24-14-28-61(50,51)52)37(44)15-10-7-6-8-11-16-38-43(3,25-27-59-4)34-30-32(63(56,57)58)19-21-36(34)45(38)26-13-9-12-17-41(49)60-46-39(47)22-23-40(46)48/h6-8,10-11,15-16,18-23,29-30H,5,9,12-14,17,24-28H2,1-4H3,(H4-,47,48,50,51,52,53,54,55,56,57,58)/p+1. The summed E-state index contributed by atoms with van der Waals surface area (Å²) in [7, 11) is -11.7. The monoisotopic (exact) mass is 932 g/mol. The van der Waals surface area contributed by atoms with Gasteiger partial charge >= 0.3 is 5.97 Å². The highest BCUT2D eigenvalue weighted by Crippen LogP contribution is 2.51. The first-order valence-corrected chi connectivity index (χ1v) is 24.7. The Morgan fingerprint density at radius 3 is 2.00 bits per heavy atom. The van der Waals surface area contributed by atoms with Crippen LogP contribution in [0.25, 0.3) is 0 Å². The summed E-state index contributed by atoms with van der Waals surface area (Å²) in [5.74, 6) is -1.97. The molecule has 63 heavy (non-hydrogen) atoms. The van der Waals surface area contributed by atoms with Crippen LogP contribution in [-0.2, 0) is 50.7 Å². The molecule has 20 heteroatoms. The molecule has 0 amide bonds. The molecule has 3 heterocycles. The molecule has 2 aromatic carbocycles. The Hall–Kier alpha value is -5.09. The minimum Gasteiger partial charge on any atom is -0.492 e. The van der Waals surface area contributed by atoms with E-state index in [-0.39, 0.29) is 29.1 Å². The molecule has 342 valence electrons. The molecule has 2 unspecified atom stereocenters. The number of unbranched alkanes of at least 4 members (excludes halogenated alkanes) is 2. The van der Waals surface area contributed by atoms with E-state index in [1.807, 2.05) is 43.9 Å². The number of likely N-dealkylation sites (N-methyl/N-ethyl adjacent to an activating group) is 1. The molecule has 0 aliphatic carbocycles. The van der Waals surface area contributed by atoms with Crippen LogP contribution >= 0.6 is 0 Å². The second-order valence-corrected chi connectivity index (χ2v) is 20.1. The van der Waals surface area contributed by atoms with E-state index >= 15 is 0 Å². The first kappa shape index (κ1) is 48.9. The zero-order valence-electron chi connectivity index (χ0n) is 35.4. The number of hydrogen-bond donors (Lipinski definition) is 5. The average Bonchev–Trinajstić information content (AvgIpc) is 3.74. The number of aromatic nitrogens is 1. The van der Waals surface area contributed by atoms with E-state index in [9.17, 15) is 53.9 Å². The van der Waals surface area contributed by atoms with Crippen LogP contribution in [0, 0.1) is 0 Å². The molecule has 0 bridgehead atoms. The van der Waals surface area contributed by atoms with Gasteiger partial charge in [0, 0.05) is 79.7 Å². The van der Waals surface area contributed by atoms with Gasteiger partial charge in [0.05, 0.1) is 21.0 Å². The molecule has 0 saturated heterocycles. The molecule has 2 aliphatic rings. The number of carbonyl (C=O) groups excluding carboxylic acids is 1. The summed E-state index contributed by atoms with van der Waals surface area (Å²) in [5, 5.41) is 19.5. The number of nitrogens with zero attached hydrogens (tertiary/aromatic N) is 3. The average molecular weight is 933 g/mol. The number of hydrogen-bond acceptors (Lipinski definition) is 12. The normalized spacial score (nSPS) is 19.9. The van der Waals surface area contributed by atoms with Crippen molar-refractivity contribution in [1.29, 1.82) is 0 Å². The van der Waals surface area contributed by atoms with Crippen LogP contribution in [0.2, 0.25) is 0 Å². The third-order valence-electron chi connectivity index (χ3n) is 11.4. The largest absolute Gasteiger partial charge is 0.492 e. The third kappa shape index (κ3) is 11.4. The van der Waals surface area contributed by atoms with Gasteiger partial charge < -0.3 is 24.7 Å². The lowest BCUT2D eigenvalue weighted by molar-refractivity contribution is -0.438. The maximum Gasteiger partial charge on any atom is 0.333 e. The number of methoxy groups -OCH3 is 1. The Morgan fingerprint density at radius 1 is 0.762 bits per heavy atom. The van der Waals surface area contributed by atoms with Crippen molar-refractivity contribution in [3.8, 4) is 11.8 Å². The van der Waals surface area contributed by atoms with E-state index in [1.54, 1.807) is 43.5 Å². The summed E-state index contributed by atoms with van der Waals surface area (Å²) in [5.41, 5.74) is 2.67. The summed E-state index contributed by atoms with van der Waals surface area (Å²) in [6, 6.07) is 11.2. The van der Waals surface area contributed by atoms with Gasteiger partial charge in [0.25, 0.3) is 30.4 Å². The Labute approximate surface area is 368 Å². The predicted octanol–water partition coefficient (Wildman–Crippen LogP) is 6.02. The maximum absolute atomic E-state index is 12.4. The predicted molar refractivity (Wildman–Crippen MR) is 235 cm³/mol. The highest BCUT2D eigenvalue weighted by molar-refractivity contribution is 7.86. The summed E-state index contributed by atoms with van der Waals surface area (Å²) in [6.45, 7) is 7.06. The number of ether oxygens (including phenoxy) is 1. The number of fused-ring (bicyclic) bond motifs is 2. The highest BCUT2D eigenvalue weighted by atomic mass is 32.2. The van der Waals surface area contributed by atoms with Gasteiger partial charge in [-0.15, -0.1) is 4.73 Å². The Bertz CT molecular complexity index is 2680. The van der Waals surface area contributed by atoms with Crippen LogP contribution in [-0.4, -0.2) is 103 Å². The number of aromatic hydroxyl groups is 2. The minimum absolute atomic E-state index is 0.0219. The first-order chi connectivity index (χ1) is 29.5. The van der Waals surface area contributed by atoms with E-state index in [2.05, 4.69) is 4.58 Å². The van der Waals surface area contributed by atoms with Gasteiger partial charge in [-0.1, -0.05) is 30.4 Å². The molecular weight excluding hydrogens is 879 g/mol. The Balaban J connectivity index is 1.41. The van der Waals surface area contributed by atoms with Crippen LogP contribution in [0.4, 0.5) is 11.4 Å². The lowest BCUT2D eigenvalue weighted by Gasteiger charge is -2.30. The van der Waals surface area contributed by atoms with Crippen molar-refractivity contribution in [1.82, 2.24) is 4.73 Å². The molecule has 0 fully saturated rings. The molecule has 0 spiro atoms. The molecular formula is C43H54N3O14S3+. The lowest BCUT2D eigenvalue weighted by atomic mass is 9.76. The Morgan fingerprint density at radius 2 is 1.38 bits per heavy atom. The van der Waals surface area contributed by atoms with E-state index < -0.39 is 64.7 Å². The summed E-state index contributed by atoms with van der Waals surface area (Å²) >= 11 is 0. The second kappa shape index (κ2) is 19.7. The fourth-order valence-electron chi connectivity index (χ4n) is 8.25. The number of carbonyl (C=O) groups is 1. The molecule has 1 aromatic heterocycles. The fourth-order valence-corrected chi connectivity index (χ4v) is 9.77. The van der Waals surface area contributed by atoms with Crippen LogP contribution in [0.1, 0.15) is 76.8 Å². The molecule has 3 aromatic rings. The van der Waals surface area contributed by atoms with Crippen LogP contribution in [0.15, 0.2) is 107 Å². The minimum atomic E-state index is -4.53. The van der Waals surface area contributed by atoms with Gasteiger partial charge in [-0.25, -0.2) is 4.79 Å². The lowest BCUT2D eigenvalue weighted by Crippen LogP contribution is -2.33. The second-order valence-electron chi connectivity index (χ2n) is 15.7. The van der Waals surface area contributed by atoms with Crippen molar-refractivity contribution in [3.63, 3.8) is 0 Å². The molecule has 5 N–H and O–H groups in total. The topological polar surface area (TPSA) is 250 Å². The summed E-state index contributed by atoms with van der Waals surface area (Å²) in [4.78, 5) is 18.9. The fraction of sp³-hybridized carbons (Fsp3) is 0.395. The van der Waals surface area contributed by atoms with E-state index in [0.717, 1.165) is 17.1 Å². The SMILES string of the molecule is CCN1C(=CC=CC=CC=CC2=[N+](CCCCCC(=O)On3c(O)ccc3O)c3ccc(S(=O)(=O)O)cc3C2(C)CCOC)C(C)(CCCS(=O)(=O)O)c2cc(S(=O)(=O)O)ccc21. The number of allylic oxidation sites excluding steroid dienone is 8. The number of benzene rings is 2. The van der Waals surface area contributed by atoms with E-state index in [1.165, 1.54) is 36.4 Å². The van der Waals surface area contributed by atoms with Gasteiger partial charge in [0.1, 0.15) is 6.54 Å². The highest BCUT2D eigenvalue weighted by Gasteiger charge is 2.48. The van der Waals surface area contributed by atoms with Crippen LogP contribution in [0.5, 0.6) is 11.8 Å². The van der Waals surface area contributed by atoms with Crippen molar-refractivity contribution in [3.05, 3.63) is 108 Å². The van der Waals surface area contributed by atoms with Gasteiger partial charge in [-0.3, -0.25) is 13.7 Å². The zero-order chi connectivity index (χ0) is 46.4. The van der Waals surface area contributed by atoms with Gasteiger partial charge in [0.15, 0.2) is 5.71 Å². The summed E-state index contributed by atoms with van der Waals surface area (Å²) in [6.07, 6.45) is 15.3. The Kier molecular flexibility index (Phi) is 15.3. The van der Waals surface area contributed by atoms with Gasteiger partial charge in [-0.05, 0) is 94.8 Å². The summed E-state index contributed by atoms with van der Waals surface area (Å²) < 4.78 is 109. The van der Waals surface area contributed by atoms with Crippen molar-refractivity contribution in [2.45, 2.75) is 86.3 Å². The number of anilines is 1. The quantitative estimate of drug-likeness (QED) is 0.0355. The first-order valence-electron chi connectivity index (χ1n) is 20.2. The van der Waals surface area contributed by atoms with Gasteiger partial charge in [-0.2, -0.15) is 29.8 Å². The van der Waals surface area contributed by atoms with Crippen molar-refractivity contribution < 1.29 is 68.1 Å². The van der Waals surface area contributed by atoms with Gasteiger partial charge in [0.2, 0.25) is 17.4 Å². The molecule has 0 saturated carbocycles.